The number of rotatable bonds is 5. The number of likely N-dealkylation sites (tertiary alicyclic amines) is 1. The zero-order chi connectivity index (χ0) is 26.1. The number of amides is 1. The Bertz CT molecular complexity index is 968. The molecule has 6 heteroatoms. The van der Waals surface area contributed by atoms with Gasteiger partial charge in [0.15, 0.2) is 11.5 Å². The van der Waals surface area contributed by atoms with Crippen molar-refractivity contribution in [3.63, 3.8) is 0 Å². The second-order valence-corrected chi connectivity index (χ2v) is 12.4. The maximum atomic E-state index is 12.6. The maximum Gasteiger partial charge on any atom is 0.410 e. The summed E-state index contributed by atoms with van der Waals surface area (Å²) in [7, 11) is 0. The lowest BCUT2D eigenvalue weighted by molar-refractivity contribution is -0.180. The van der Waals surface area contributed by atoms with Gasteiger partial charge in [-0.15, -0.1) is 0 Å². The fourth-order valence-electron chi connectivity index (χ4n) is 6.02. The lowest BCUT2D eigenvalue weighted by atomic mass is 9.63. The number of allylic oxidation sites excluding steroid dienone is 2. The zero-order valence-electron chi connectivity index (χ0n) is 23.3. The molecule has 200 valence electrons. The molecule has 2 saturated heterocycles. The van der Waals surface area contributed by atoms with Crippen LogP contribution in [0.4, 0.5) is 4.79 Å². The number of benzene rings is 1. The average Bonchev–Trinajstić information content (AvgIpc) is 2.79. The van der Waals surface area contributed by atoms with Crippen LogP contribution in [0.2, 0.25) is 0 Å². The molecule has 1 aromatic rings. The van der Waals surface area contributed by atoms with Gasteiger partial charge in [-0.25, -0.2) is 4.79 Å². The summed E-state index contributed by atoms with van der Waals surface area (Å²) in [5.41, 5.74) is 1.63. The first kappa shape index (κ1) is 26.8. The van der Waals surface area contributed by atoms with E-state index in [2.05, 4.69) is 32.9 Å². The Labute approximate surface area is 217 Å². The first-order chi connectivity index (χ1) is 17.0. The van der Waals surface area contributed by atoms with Crippen LogP contribution in [-0.4, -0.2) is 48.5 Å². The van der Waals surface area contributed by atoms with Gasteiger partial charge in [0.25, 0.3) is 0 Å². The van der Waals surface area contributed by atoms with E-state index in [1.165, 1.54) is 5.57 Å². The molecule has 1 spiro atoms. The standard InChI is InChI=1S/C30H45NO5/c1-8-33-24-13-9-12-22-25-23(29(7,35-26(22)24)14-10-11-21(2)3)19-30(20-34-25)15-17-31(18-16-30)27(32)36-28(4,5)6/h9,11-13,23,25H,8,10,14-20H2,1-7H3/t23-,25+,29+/m0/s1. The Morgan fingerprint density at radius 3 is 2.58 bits per heavy atom. The topological polar surface area (TPSA) is 57.2 Å². The van der Waals surface area contributed by atoms with E-state index in [1.807, 2.05) is 44.7 Å². The lowest BCUT2D eigenvalue weighted by Crippen LogP contribution is -2.56. The molecule has 0 saturated carbocycles. The van der Waals surface area contributed by atoms with Crippen molar-refractivity contribution < 1.29 is 23.7 Å². The smallest absolute Gasteiger partial charge is 0.410 e. The normalized spacial score (nSPS) is 26.9. The molecule has 6 nitrogen and oxygen atoms in total. The molecule has 0 unspecified atom stereocenters. The highest BCUT2D eigenvalue weighted by molar-refractivity contribution is 5.68. The molecule has 0 aromatic heterocycles. The quantitative estimate of drug-likeness (QED) is 0.405. The molecule has 0 N–H and O–H groups in total. The fraction of sp³-hybridized carbons (Fsp3) is 0.700. The molecule has 3 atom stereocenters. The van der Waals surface area contributed by atoms with Gasteiger partial charge in [0.1, 0.15) is 11.2 Å². The van der Waals surface area contributed by atoms with Crippen molar-refractivity contribution in [2.75, 3.05) is 26.3 Å². The van der Waals surface area contributed by atoms with Gasteiger partial charge >= 0.3 is 6.09 Å². The zero-order valence-corrected chi connectivity index (χ0v) is 23.3. The minimum atomic E-state index is -0.479. The van der Waals surface area contributed by atoms with E-state index in [-0.39, 0.29) is 29.1 Å². The Balaban J connectivity index is 1.57. The summed E-state index contributed by atoms with van der Waals surface area (Å²) in [6.07, 6.45) is 6.83. The highest BCUT2D eigenvalue weighted by Crippen LogP contribution is 2.58. The van der Waals surface area contributed by atoms with Crippen LogP contribution in [0, 0.1) is 11.3 Å². The largest absolute Gasteiger partial charge is 0.490 e. The van der Waals surface area contributed by atoms with E-state index < -0.39 is 5.60 Å². The molecule has 4 rings (SSSR count). The van der Waals surface area contributed by atoms with Crippen molar-refractivity contribution in [3.05, 3.63) is 35.4 Å². The molecule has 1 aromatic carbocycles. The molecule has 3 aliphatic heterocycles. The van der Waals surface area contributed by atoms with E-state index in [1.54, 1.807) is 0 Å². The summed E-state index contributed by atoms with van der Waals surface area (Å²) in [6.45, 7) is 17.0. The van der Waals surface area contributed by atoms with Gasteiger partial charge in [0.2, 0.25) is 0 Å². The number of carbonyl (C=O) groups is 1. The van der Waals surface area contributed by atoms with Crippen molar-refractivity contribution in [1.82, 2.24) is 4.90 Å². The van der Waals surface area contributed by atoms with Gasteiger partial charge in [-0.2, -0.15) is 0 Å². The molecule has 0 aliphatic carbocycles. The fourth-order valence-corrected chi connectivity index (χ4v) is 6.02. The molecule has 1 amide bonds. The van der Waals surface area contributed by atoms with E-state index in [9.17, 15) is 4.79 Å². The number of hydrogen-bond acceptors (Lipinski definition) is 5. The molecular formula is C30H45NO5. The van der Waals surface area contributed by atoms with Crippen LogP contribution in [0.1, 0.15) is 92.2 Å². The summed E-state index contributed by atoms with van der Waals surface area (Å²) in [4.78, 5) is 14.5. The first-order valence-electron chi connectivity index (χ1n) is 13.6. The predicted molar refractivity (Wildman–Crippen MR) is 142 cm³/mol. The summed E-state index contributed by atoms with van der Waals surface area (Å²) in [6, 6.07) is 6.17. The molecule has 36 heavy (non-hydrogen) atoms. The number of fused-ring (bicyclic) bond motifs is 3. The van der Waals surface area contributed by atoms with Crippen LogP contribution in [0.5, 0.6) is 11.5 Å². The number of nitrogens with zero attached hydrogens (tertiary/aromatic N) is 1. The van der Waals surface area contributed by atoms with Crippen LogP contribution < -0.4 is 9.47 Å². The number of hydrogen-bond donors (Lipinski definition) is 0. The van der Waals surface area contributed by atoms with E-state index in [0.717, 1.165) is 49.2 Å². The Morgan fingerprint density at radius 1 is 1.22 bits per heavy atom. The van der Waals surface area contributed by atoms with E-state index in [4.69, 9.17) is 18.9 Å². The van der Waals surface area contributed by atoms with Crippen molar-refractivity contribution in [2.24, 2.45) is 11.3 Å². The van der Waals surface area contributed by atoms with Crippen molar-refractivity contribution in [1.29, 1.82) is 0 Å². The molecule has 0 bridgehead atoms. The minimum absolute atomic E-state index is 0.0135. The Morgan fingerprint density at radius 2 is 1.94 bits per heavy atom. The SMILES string of the molecule is CCOc1cccc2c1O[C@](C)(CCC=C(C)C)[C@H]1CC3(CCN(C(=O)OC(C)(C)C)CC3)CO[C@H]21. The minimum Gasteiger partial charge on any atom is -0.490 e. The summed E-state index contributed by atoms with van der Waals surface area (Å²) in [5, 5.41) is 0. The van der Waals surface area contributed by atoms with Crippen LogP contribution in [0.3, 0.4) is 0 Å². The Hall–Kier alpha value is -2.21. The molecule has 3 aliphatic rings. The lowest BCUT2D eigenvalue weighted by Gasteiger charge is -2.55. The van der Waals surface area contributed by atoms with Crippen molar-refractivity contribution in [3.8, 4) is 11.5 Å². The summed E-state index contributed by atoms with van der Waals surface area (Å²) >= 11 is 0. The predicted octanol–water partition coefficient (Wildman–Crippen LogP) is 7.08. The molecule has 0 radical (unpaired) electrons. The highest BCUT2D eigenvalue weighted by atomic mass is 16.6. The van der Waals surface area contributed by atoms with E-state index >= 15 is 0 Å². The number of piperidine rings is 1. The van der Waals surface area contributed by atoms with Gasteiger partial charge in [0, 0.05) is 24.6 Å². The highest BCUT2D eigenvalue weighted by Gasteiger charge is 2.55. The third-order valence-corrected chi connectivity index (χ3v) is 7.99. The first-order valence-corrected chi connectivity index (χ1v) is 13.6. The molecule has 3 heterocycles. The number of carbonyl (C=O) groups excluding carboxylic acids is 1. The van der Waals surface area contributed by atoms with Gasteiger partial charge in [-0.05, 0) is 92.1 Å². The van der Waals surface area contributed by atoms with Gasteiger partial charge < -0.3 is 23.8 Å². The van der Waals surface area contributed by atoms with Crippen LogP contribution in [-0.2, 0) is 9.47 Å². The van der Waals surface area contributed by atoms with Crippen LogP contribution >= 0.6 is 0 Å². The third-order valence-electron chi connectivity index (χ3n) is 7.99. The summed E-state index contributed by atoms with van der Waals surface area (Å²) in [5.74, 6) is 1.88. The Kier molecular flexibility index (Phi) is 7.66. The number of ether oxygens (including phenoxy) is 4. The van der Waals surface area contributed by atoms with Crippen LogP contribution in [0.25, 0.3) is 0 Å². The average molecular weight is 500 g/mol. The second kappa shape index (κ2) is 10.3. The monoisotopic (exact) mass is 499 g/mol. The second-order valence-electron chi connectivity index (χ2n) is 12.4. The van der Waals surface area contributed by atoms with Crippen molar-refractivity contribution in [2.45, 2.75) is 97.9 Å². The van der Waals surface area contributed by atoms with Gasteiger partial charge in [-0.1, -0.05) is 23.8 Å². The van der Waals surface area contributed by atoms with E-state index in [0.29, 0.717) is 26.3 Å². The molecular weight excluding hydrogens is 454 g/mol. The van der Waals surface area contributed by atoms with Gasteiger partial charge in [0.05, 0.1) is 19.3 Å². The van der Waals surface area contributed by atoms with Crippen LogP contribution in [0.15, 0.2) is 29.8 Å². The maximum absolute atomic E-state index is 12.6. The summed E-state index contributed by atoms with van der Waals surface area (Å²) < 4.78 is 25.2. The third kappa shape index (κ3) is 5.69. The van der Waals surface area contributed by atoms with Gasteiger partial charge in [-0.3, -0.25) is 0 Å². The molecule has 2 fully saturated rings. The number of para-hydroxylation sites is 1. The van der Waals surface area contributed by atoms with Crippen molar-refractivity contribution >= 4 is 6.09 Å².